The summed E-state index contributed by atoms with van der Waals surface area (Å²) in [4.78, 5) is 72.9. The van der Waals surface area contributed by atoms with Gasteiger partial charge in [-0.15, -0.1) is 0 Å². The molecule has 100 heavy (non-hydrogen) atoms. The molecule has 0 aromatic rings. The lowest BCUT2D eigenvalue weighted by atomic mass is 9.99. The van der Waals surface area contributed by atoms with Crippen LogP contribution in [0.2, 0.25) is 0 Å². The molecule has 0 aliphatic carbocycles. The number of hydrogen-bond acceptors (Lipinski definition) is 15. The fraction of sp³-hybridized carbons (Fsp3) is 0.901. The van der Waals surface area contributed by atoms with Crippen LogP contribution in [-0.2, 0) is 65.4 Å². The van der Waals surface area contributed by atoms with Gasteiger partial charge in [0, 0.05) is 25.7 Å². The van der Waals surface area contributed by atoms with Gasteiger partial charge in [0.2, 0.25) is 0 Å². The molecule has 0 bridgehead atoms. The molecule has 0 saturated heterocycles. The number of aliphatic hydroxyl groups is 1. The van der Waals surface area contributed by atoms with Crippen LogP contribution in [0, 0.1) is 11.8 Å². The number of unbranched alkanes of at least 4 members (excludes halogenated alkanes) is 44. The van der Waals surface area contributed by atoms with Gasteiger partial charge in [-0.05, 0) is 63.2 Å². The second-order valence-electron chi connectivity index (χ2n) is 29.2. The first kappa shape index (κ1) is 97.5. The number of rotatable bonds is 78. The monoisotopic (exact) mass is 1460 g/mol. The van der Waals surface area contributed by atoms with Crippen molar-refractivity contribution < 1.29 is 80.2 Å². The smallest absolute Gasteiger partial charge is 0.462 e. The van der Waals surface area contributed by atoms with Gasteiger partial charge in [-0.3, -0.25) is 37.3 Å². The Morgan fingerprint density at radius 1 is 0.330 bits per heavy atom. The maximum Gasteiger partial charge on any atom is 0.472 e. The van der Waals surface area contributed by atoms with E-state index in [-0.39, 0.29) is 25.7 Å². The van der Waals surface area contributed by atoms with E-state index in [4.69, 9.17) is 37.0 Å². The molecule has 0 heterocycles. The molecule has 0 rings (SSSR count). The molecule has 0 aromatic heterocycles. The van der Waals surface area contributed by atoms with E-state index >= 15 is 0 Å². The Labute approximate surface area is 612 Å². The molecule has 3 unspecified atom stereocenters. The molecule has 0 radical (unpaired) electrons. The predicted octanol–water partition coefficient (Wildman–Crippen LogP) is 23.8. The Morgan fingerprint density at radius 3 is 0.900 bits per heavy atom. The molecule has 590 valence electrons. The first-order chi connectivity index (χ1) is 48.4. The number of aliphatic hydroxyl groups excluding tert-OH is 1. The van der Waals surface area contributed by atoms with Crippen LogP contribution in [0.15, 0.2) is 24.3 Å². The highest BCUT2D eigenvalue weighted by atomic mass is 31.2. The molecule has 0 saturated carbocycles. The van der Waals surface area contributed by atoms with Gasteiger partial charge in [0.15, 0.2) is 12.2 Å². The lowest BCUT2D eigenvalue weighted by Crippen LogP contribution is -2.30. The summed E-state index contributed by atoms with van der Waals surface area (Å²) in [6.45, 7) is 9.60. The SMILES string of the molecule is CCCCCC/C=C\C=C/CCCCCCCC(=O)OC[C@H](COP(=O)(O)OC[C@@H](O)COP(=O)(O)OC[C@@H](COC(=O)CCCCCCCCCCCCC)OC(=O)CCCCCCCCCCCC(C)C)OC(=O)CCCCCCCCCCCCCCCCCCCCC(C)CC. The van der Waals surface area contributed by atoms with E-state index < -0.39 is 97.5 Å². The summed E-state index contributed by atoms with van der Waals surface area (Å²) >= 11 is 0. The van der Waals surface area contributed by atoms with Gasteiger partial charge in [0.05, 0.1) is 26.4 Å². The molecule has 6 atom stereocenters. The highest BCUT2D eigenvalue weighted by molar-refractivity contribution is 7.47. The summed E-state index contributed by atoms with van der Waals surface area (Å²) in [5, 5.41) is 10.6. The number of hydrogen-bond donors (Lipinski definition) is 3. The minimum Gasteiger partial charge on any atom is -0.462 e. The summed E-state index contributed by atoms with van der Waals surface area (Å²) in [6.07, 6.45) is 64.6. The quantitative estimate of drug-likeness (QED) is 0.0169. The topological polar surface area (TPSA) is 237 Å². The van der Waals surface area contributed by atoms with Crippen LogP contribution in [0.1, 0.15) is 401 Å². The van der Waals surface area contributed by atoms with Crippen molar-refractivity contribution in [3.05, 3.63) is 24.3 Å². The van der Waals surface area contributed by atoms with E-state index in [9.17, 15) is 43.2 Å². The third-order valence-corrected chi connectivity index (χ3v) is 20.6. The second-order valence-corrected chi connectivity index (χ2v) is 32.1. The van der Waals surface area contributed by atoms with Gasteiger partial charge in [-0.25, -0.2) is 9.13 Å². The average Bonchev–Trinajstić information content (AvgIpc) is 0.987. The molecule has 0 fully saturated rings. The average molecular weight is 1460 g/mol. The lowest BCUT2D eigenvalue weighted by Gasteiger charge is -2.21. The maximum absolute atomic E-state index is 13.1. The van der Waals surface area contributed by atoms with Crippen molar-refractivity contribution in [2.24, 2.45) is 11.8 Å². The number of esters is 4. The Morgan fingerprint density at radius 2 is 0.590 bits per heavy atom. The van der Waals surface area contributed by atoms with E-state index in [0.717, 1.165) is 121 Å². The summed E-state index contributed by atoms with van der Waals surface area (Å²) in [7, 11) is -9.93. The van der Waals surface area contributed by atoms with Crippen molar-refractivity contribution >= 4 is 39.5 Å². The number of phosphoric acid groups is 2. The molecule has 19 heteroatoms. The summed E-state index contributed by atoms with van der Waals surface area (Å²) in [5.74, 6) is -0.536. The largest absolute Gasteiger partial charge is 0.472 e. The van der Waals surface area contributed by atoms with Gasteiger partial charge >= 0.3 is 39.5 Å². The molecule has 3 N–H and O–H groups in total. The predicted molar refractivity (Wildman–Crippen MR) is 409 cm³/mol. The standard InChI is InChI=1S/C81H154O17P2/c1-7-10-12-14-16-18-20-21-26-30-34-40-46-52-58-64-79(84)92-69-76(97-80(85)65-59-53-47-41-35-31-28-25-23-22-24-27-29-33-38-44-50-56-62-74(6)9-3)71-95-99(87,88)93-67-75(82)68-94-100(89,90)96-72-77(70-91-78(83)63-57-51-45-39-32-19-17-15-13-11-8-2)98-81(86)66-60-54-48-42-36-37-43-49-55-61-73(4)5/h18,20-21,26,73-77,82H,7-17,19,22-25,27-72H2,1-6H3,(H,87,88)(H,89,90)/b20-18-,26-21-/t74?,75-,76-,77-/m1/s1. The third kappa shape index (κ3) is 72.5. The zero-order valence-corrected chi connectivity index (χ0v) is 66.8. The highest BCUT2D eigenvalue weighted by Gasteiger charge is 2.30. The van der Waals surface area contributed by atoms with Crippen LogP contribution in [-0.4, -0.2) is 96.7 Å². The number of ether oxygens (including phenoxy) is 4. The molecule has 0 aliphatic rings. The Bertz CT molecular complexity index is 2020. The Balaban J connectivity index is 5.24. The zero-order chi connectivity index (χ0) is 73.5. The number of allylic oxidation sites excluding steroid dienone is 4. The van der Waals surface area contributed by atoms with Crippen molar-refractivity contribution in [3.8, 4) is 0 Å². The molecule has 17 nitrogen and oxygen atoms in total. The molecular weight excluding hydrogens is 1310 g/mol. The third-order valence-electron chi connectivity index (χ3n) is 18.7. The fourth-order valence-corrected chi connectivity index (χ4v) is 13.5. The van der Waals surface area contributed by atoms with E-state index in [1.807, 2.05) is 0 Å². The molecule has 0 amide bonds. The van der Waals surface area contributed by atoms with Crippen molar-refractivity contribution in [3.63, 3.8) is 0 Å². The number of phosphoric ester groups is 2. The van der Waals surface area contributed by atoms with Crippen LogP contribution in [0.25, 0.3) is 0 Å². The zero-order valence-electron chi connectivity index (χ0n) is 65.0. The first-order valence-electron chi connectivity index (χ1n) is 41.3. The number of carbonyl (C=O) groups is 4. The van der Waals surface area contributed by atoms with Crippen molar-refractivity contribution in [2.45, 2.75) is 419 Å². The van der Waals surface area contributed by atoms with Gasteiger partial charge in [0.1, 0.15) is 19.3 Å². The van der Waals surface area contributed by atoms with Gasteiger partial charge in [-0.2, -0.15) is 0 Å². The van der Waals surface area contributed by atoms with Crippen LogP contribution >= 0.6 is 15.6 Å². The molecule has 0 spiro atoms. The van der Waals surface area contributed by atoms with E-state index in [0.29, 0.717) is 25.7 Å². The lowest BCUT2D eigenvalue weighted by molar-refractivity contribution is -0.161. The van der Waals surface area contributed by atoms with Crippen LogP contribution in [0.5, 0.6) is 0 Å². The molecular formula is C81H154O17P2. The summed E-state index contributed by atoms with van der Waals surface area (Å²) in [6, 6.07) is 0. The van der Waals surface area contributed by atoms with E-state index in [1.54, 1.807) is 0 Å². The van der Waals surface area contributed by atoms with E-state index in [1.165, 1.54) is 199 Å². The fourth-order valence-electron chi connectivity index (χ4n) is 12.0. The van der Waals surface area contributed by atoms with Gasteiger partial charge in [0.25, 0.3) is 0 Å². The highest BCUT2D eigenvalue weighted by Crippen LogP contribution is 2.45. The van der Waals surface area contributed by atoms with Gasteiger partial charge < -0.3 is 33.8 Å². The normalized spacial score (nSPS) is 14.3. The summed E-state index contributed by atoms with van der Waals surface area (Å²) in [5.41, 5.74) is 0. The van der Waals surface area contributed by atoms with Crippen LogP contribution < -0.4 is 0 Å². The van der Waals surface area contributed by atoms with E-state index in [2.05, 4.69) is 65.8 Å². The summed E-state index contributed by atoms with van der Waals surface area (Å²) < 4.78 is 68.6. The van der Waals surface area contributed by atoms with Crippen molar-refractivity contribution in [1.29, 1.82) is 0 Å². The Kier molecular flexibility index (Phi) is 70.3. The Hall–Kier alpha value is -2.46. The maximum atomic E-state index is 13.1. The minimum atomic E-state index is -4.97. The van der Waals surface area contributed by atoms with Crippen LogP contribution in [0.3, 0.4) is 0 Å². The molecule has 0 aliphatic heterocycles. The first-order valence-corrected chi connectivity index (χ1v) is 44.3. The van der Waals surface area contributed by atoms with Gasteiger partial charge in [-0.1, -0.05) is 348 Å². The molecule has 0 aromatic carbocycles. The van der Waals surface area contributed by atoms with Crippen molar-refractivity contribution in [2.75, 3.05) is 39.6 Å². The van der Waals surface area contributed by atoms with Crippen molar-refractivity contribution in [1.82, 2.24) is 0 Å². The number of carbonyl (C=O) groups excluding carboxylic acids is 4. The second kappa shape index (κ2) is 72.1. The van der Waals surface area contributed by atoms with Crippen LogP contribution in [0.4, 0.5) is 0 Å². The minimum absolute atomic E-state index is 0.101.